The second-order valence-corrected chi connectivity index (χ2v) is 6.66. The van der Waals surface area contributed by atoms with Crippen molar-refractivity contribution >= 4 is 12.8 Å². The first-order valence-electron chi connectivity index (χ1n) is 8.11. The third kappa shape index (κ3) is 7.45. The van der Waals surface area contributed by atoms with Gasteiger partial charge in [-0.1, -0.05) is 20.3 Å². The van der Waals surface area contributed by atoms with Crippen molar-refractivity contribution < 1.29 is 32.2 Å². The average molecular weight is 376 g/mol. The summed E-state index contributed by atoms with van der Waals surface area (Å²) in [5.74, 6) is 1.01. The summed E-state index contributed by atoms with van der Waals surface area (Å²) in [6, 6.07) is 5.56. The number of carbonyl (C=O) groups is 2. The van der Waals surface area contributed by atoms with E-state index in [0.29, 0.717) is 11.5 Å². The first-order valence-corrected chi connectivity index (χ1v) is 8.11. The van der Waals surface area contributed by atoms with Crippen LogP contribution in [0.25, 0.3) is 0 Å². The molecule has 7 heteroatoms. The van der Waals surface area contributed by atoms with Crippen molar-refractivity contribution in [3.63, 3.8) is 0 Å². The molecule has 0 spiro atoms. The lowest BCUT2D eigenvalue weighted by atomic mass is 9.77. The highest BCUT2D eigenvalue weighted by Gasteiger charge is 2.37. The van der Waals surface area contributed by atoms with E-state index >= 15 is 0 Å². The van der Waals surface area contributed by atoms with Gasteiger partial charge in [-0.3, -0.25) is 0 Å². The Labute approximate surface area is 152 Å². The molecule has 1 aromatic rings. The fourth-order valence-electron chi connectivity index (χ4n) is 3.15. The first-order chi connectivity index (χ1) is 12.0. The number of benzene rings is 1. The number of carbonyl (C=O) groups excluding carboxylic acids is 2. The Balaban J connectivity index is 0.000000772. The van der Waals surface area contributed by atoms with Crippen molar-refractivity contribution in [1.29, 1.82) is 0 Å². The molecule has 0 aromatic heterocycles. The molecule has 148 valence electrons. The highest BCUT2D eigenvalue weighted by atomic mass is 19.4. The summed E-state index contributed by atoms with van der Waals surface area (Å²) in [5.41, 5.74) is 1.98. The van der Waals surface area contributed by atoms with Crippen LogP contribution in [0.3, 0.4) is 0 Å². The van der Waals surface area contributed by atoms with Crippen molar-refractivity contribution in [2.24, 2.45) is 5.41 Å². The maximum atomic E-state index is 11.7. The van der Waals surface area contributed by atoms with E-state index in [1.807, 2.05) is 18.9 Å². The van der Waals surface area contributed by atoms with Crippen LogP contribution in [0.4, 0.5) is 13.2 Å². The highest BCUT2D eigenvalue weighted by Crippen LogP contribution is 2.51. The van der Waals surface area contributed by atoms with Crippen LogP contribution in [0.5, 0.6) is 5.75 Å². The molecule has 2 rings (SSSR count). The van der Waals surface area contributed by atoms with E-state index in [9.17, 15) is 18.0 Å². The standard InChI is InChI=1S/C16H22O3.C2H3F3.CH2O/c1-16(2)9-5-6-13(16)12-10-11(15(17)19-4)7-8-14(12)18-3;1-2(3,4)5;1-2/h7-8,10,13H,5-6,9H2,1-4H3;1H3;1H2. The molecule has 0 heterocycles. The zero-order chi connectivity index (χ0) is 20.5. The van der Waals surface area contributed by atoms with E-state index in [-0.39, 0.29) is 18.3 Å². The maximum absolute atomic E-state index is 11.7. The van der Waals surface area contributed by atoms with Gasteiger partial charge in [0.05, 0.1) is 19.8 Å². The third-order valence-electron chi connectivity index (χ3n) is 4.28. The molecule has 1 aliphatic carbocycles. The zero-order valence-electron chi connectivity index (χ0n) is 15.9. The van der Waals surface area contributed by atoms with Crippen LogP contribution in [0.15, 0.2) is 18.2 Å². The van der Waals surface area contributed by atoms with Gasteiger partial charge in [-0.2, -0.15) is 13.2 Å². The van der Waals surface area contributed by atoms with Gasteiger partial charge >= 0.3 is 12.1 Å². The Hall–Kier alpha value is -2.05. The van der Waals surface area contributed by atoms with Gasteiger partial charge in [0, 0.05) is 6.92 Å². The molecule has 0 N–H and O–H groups in total. The second kappa shape index (κ2) is 10.2. The molecule has 0 amide bonds. The normalized spacial score (nSPS) is 17.9. The average Bonchev–Trinajstić information content (AvgIpc) is 2.93. The van der Waals surface area contributed by atoms with Crippen LogP contribution in [0.1, 0.15) is 61.9 Å². The van der Waals surface area contributed by atoms with Gasteiger partial charge in [0.1, 0.15) is 12.5 Å². The van der Waals surface area contributed by atoms with Crippen molar-refractivity contribution in [3.05, 3.63) is 29.3 Å². The van der Waals surface area contributed by atoms with E-state index in [0.717, 1.165) is 17.7 Å². The zero-order valence-corrected chi connectivity index (χ0v) is 15.9. The minimum atomic E-state index is -4.00. The van der Waals surface area contributed by atoms with Gasteiger partial charge in [0.15, 0.2) is 0 Å². The molecule has 1 atom stereocenters. The molecule has 0 bridgehead atoms. The number of alkyl halides is 3. The number of ether oxygens (including phenoxy) is 2. The quantitative estimate of drug-likeness (QED) is 0.684. The number of esters is 1. The Morgan fingerprint density at radius 1 is 1.23 bits per heavy atom. The SMILES string of the molecule is C=O.CC(F)(F)F.COC(=O)c1ccc(OC)c(C2CCCC2(C)C)c1. The number of rotatable bonds is 3. The lowest BCUT2D eigenvalue weighted by Crippen LogP contribution is -2.17. The van der Waals surface area contributed by atoms with Gasteiger partial charge in [-0.05, 0) is 47.9 Å². The summed E-state index contributed by atoms with van der Waals surface area (Å²) in [6.07, 6.45) is -0.416. The van der Waals surface area contributed by atoms with Gasteiger partial charge in [0.25, 0.3) is 0 Å². The van der Waals surface area contributed by atoms with E-state index in [1.165, 1.54) is 20.0 Å². The Morgan fingerprint density at radius 3 is 2.15 bits per heavy atom. The number of halogens is 3. The predicted molar refractivity (Wildman–Crippen MR) is 93.6 cm³/mol. The van der Waals surface area contributed by atoms with Gasteiger partial charge in [-0.25, -0.2) is 4.79 Å². The molecule has 1 saturated carbocycles. The summed E-state index contributed by atoms with van der Waals surface area (Å²) in [4.78, 5) is 19.7. The molecular formula is C19H27F3O4. The van der Waals surface area contributed by atoms with Crippen LogP contribution < -0.4 is 4.74 Å². The van der Waals surface area contributed by atoms with Crippen molar-refractivity contribution in [1.82, 2.24) is 0 Å². The minimum absolute atomic E-state index is 0.188. The number of hydrogen-bond acceptors (Lipinski definition) is 4. The van der Waals surface area contributed by atoms with E-state index in [1.54, 1.807) is 13.2 Å². The molecule has 1 aromatic carbocycles. The fraction of sp³-hybridized carbons (Fsp3) is 0.579. The predicted octanol–water partition coefficient (Wildman–Crippen LogP) is 5.16. The Morgan fingerprint density at radius 2 is 1.77 bits per heavy atom. The molecule has 1 fully saturated rings. The van der Waals surface area contributed by atoms with E-state index < -0.39 is 6.18 Å². The summed E-state index contributed by atoms with van der Waals surface area (Å²) < 4.78 is 41.3. The third-order valence-corrected chi connectivity index (χ3v) is 4.28. The molecule has 0 radical (unpaired) electrons. The smallest absolute Gasteiger partial charge is 0.386 e. The van der Waals surface area contributed by atoms with Gasteiger partial charge in [-0.15, -0.1) is 0 Å². The van der Waals surface area contributed by atoms with Crippen molar-refractivity contribution in [2.45, 2.75) is 52.1 Å². The highest BCUT2D eigenvalue weighted by molar-refractivity contribution is 5.89. The Bertz CT molecular complexity index is 577. The summed E-state index contributed by atoms with van der Waals surface area (Å²) >= 11 is 0. The first kappa shape index (κ1) is 23.9. The lowest BCUT2D eigenvalue weighted by molar-refractivity contribution is -0.110. The van der Waals surface area contributed by atoms with E-state index in [4.69, 9.17) is 14.3 Å². The minimum Gasteiger partial charge on any atom is -0.496 e. The Kier molecular flexibility index (Phi) is 9.38. The topological polar surface area (TPSA) is 52.6 Å². The summed E-state index contributed by atoms with van der Waals surface area (Å²) in [7, 11) is 3.09. The van der Waals surface area contributed by atoms with Crippen LogP contribution in [0.2, 0.25) is 0 Å². The maximum Gasteiger partial charge on any atom is 0.386 e. The largest absolute Gasteiger partial charge is 0.496 e. The van der Waals surface area contributed by atoms with Crippen LogP contribution in [-0.4, -0.2) is 33.2 Å². The molecule has 4 nitrogen and oxygen atoms in total. The number of methoxy groups -OCH3 is 2. The molecule has 0 saturated heterocycles. The monoisotopic (exact) mass is 376 g/mol. The number of hydrogen-bond donors (Lipinski definition) is 0. The molecule has 1 unspecified atom stereocenters. The second-order valence-electron chi connectivity index (χ2n) is 6.66. The van der Waals surface area contributed by atoms with Crippen molar-refractivity contribution in [2.75, 3.05) is 14.2 Å². The van der Waals surface area contributed by atoms with Gasteiger partial charge < -0.3 is 14.3 Å². The van der Waals surface area contributed by atoms with Crippen LogP contribution >= 0.6 is 0 Å². The summed E-state index contributed by atoms with van der Waals surface area (Å²) in [6.45, 7) is 6.76. The molecule has 26 heavy (non-hydrogen) atoms. The lowest BCUT2D eigenvalue weighted by Gasteiger charge is -2.28. The van der Waals surface area contributed by atoms with Crippen LogP contribution in [-0.2, 0) is 9.53 Å². The molecule has 0 aliphatic heterocycles. The van der Waals surface area contributed by atoms with E-state index in [2.05, 4.69) is 13.8 Å². The van der Waals surface area contributed by atoms with Gasteiger partial charge in [0.2, 0.25) is 0 Å². The molecular weight excluding hydrogens is 349 g/mol. The van der Waals surface area contributed by atoms with Crippen molar-refractivity contribution in [3.8, 4) is 5.75 Å². The summed E-state index contributed by atoms with van der Waals surface area (Å²) in [5, 5.41) is 0. The van der Waals surface area contributed by atoms with Crippen LogP contribution in [0, 0.1) is 5.41 Å². The molecule has 1 aliphatic rings. The fourth-order valence-corrected chi connectivity index (χ4v) is 3.15.